The fraction of sp³-hybridized carbons (Fsp3) is 0.632. The van der Waals surface area contributed by atoms with Crippen LogP contribution in [-0.4, -0.2) is 81.4 Å². The first-order chi connectivity index (χ1) is 13.2. The van der Waals surface area contributed by atoms with E-state index in [0.717, 1.165) is 38.6 Å². The van der Waals surface area contributed by atoms with Crippen molar-refractivity contribution >= 4 is 35.8 Å². The molecule has 0 aromatic carbocycles. The van der Waals surface area contributed by atoms with Gasteiger partial charge in [-0.05, 0) is 25.5 Å². The molecule has 8 nitrogen and oxygen atoms in total. The number of carbonyl (C=O) groups is 1. The zero-order chi connectivity index (χ0) is 19.3. The van der Waals surface area contributed by atoms with E-state index in [9.17, 15) is 4.79 Å². The molecule has 9 heteroatoms. The molecular formula is C19H32IN5O3. The number of halogens is 1. The molecule has 1 aliphatic heterocycles. The second kappa shape index (κ2) is 14.5. The van der Waals surface area contributed by atoms with Gasteiger partial charge in [0.25, 0.3) is 5.91 Å². The summed E-state index contributed by atoms with van der Waals surface area (Å²) in [7, 11) is 1.68. The summed E-state index contributed by atoms with van der Waals surface area (Å²) in [6, 6.07) is 3.49. The van der Waals surface area contributed by atoms with Crippen LogP contribution in [0.1, 0.15) is 23.7 Å². The number of ether oxygens (including phenoxy) is 2. The van der Waals surface area contributed by atoms with E-state index in [1.165, 1.54) is 0 Å². The van der Waals surface area contributed by atoms with Crippen LogP contribution in [0.25, 0.3) is 0 Å². The summed E-state index contributed by atoms with van der Waals surface area (Å²) in [6.45, 7) is 7.80. The Hall–Kier alpha value is -1.46. The molecule has 2 N–H and O–H groups in total. The number of carbonyl (C=O) groups excluding carboxylic acids is 1. The van der Waals surface area contributed by atoms with E-state index < -0.39 is 0 Å². The summed E-state index contributed by atoms with van der Waals surface area (Å²) in [5.74, 6) is 1.28. The highest BCUT2D eigenvalue weighted by atomic mass is 127. The van der Waals surface area contributed by atoms with Crippen LogP contribution < -0.4 is 10.6 Å². The number of amides is 1. The SMILES string of the molecule is CCNC(=NCCNC(=O)c1cccnc1)N1CCC(COCCOC)C1.I. The molecule has 1 atom stereocenters. The van der Waals surface area contributed by atoms with Gasteiger partial charge in [-0.25, -0.2) is 0 Å². The number of hydrogen-bond donors (Lipinski definition) is 2. The van der Waals surface area contributed by atoms with Gasteiger partial charge in [0.15, 0.2) is 5.96 Å². The topological polar surface area (TPSA) is 88.1 Å². The molecule has 0 radical (unpaired) electrons. The summed E-state index contributed by atoms with van der Waals surface area (Å²) in [6.07, 6.45) is 4.30. The standard InChI is InChI=1S/C19H31N5O3.HI/c1-3-21-19(24-10-6-16(14-24)15-27-12-11-26-2)23-9-8-22-18(25)17-5-4-7-20-13-17;/h4-5,7,13,16H,3,6,8-12,14-15H2,1-2H3,(H,21,23)(H,22,25);1H. The second-order valence-electron chi connectivity index (χ2n) is 6.40. The minimum atomic E-state index is -0.127. The molecule has 1 aliphatic rings. The number of hydrogen-bond acceptors (Lipinski definition) is 5. The lowest BCUT2D eigenvalue weighted by Crippen LogP contribution is -2.41. The van der Waals surface area contributed by atoms with Gasteiger partial charge in [-0.15, -0.1) is 24.0 Å². The minimum Gasteiger partial charge on any atom is -0.382 e. The van der Waals surface area contributed by atoms with Gasteiger partial charge in [-0.2, -0.15) is 0 Å². The molecule has 0 aliphatic carbocycles. The van der Waals surface area contributed by atoms with Crippen molar-refractivity contribution in [3.05, 3.63) is 30.1 Å². The number of aliphatic imine (C=N–C) groups is 1. The number of pyridine rings is 1. The van der Waals surface area contributed by atoms with Gasteiger partial charge in [0.1, 0.15) is 0 Å². The highest BCUT2D eigenvalue weighted by Crippen LogP contribution is 2.16. The maximum Gasteiger partial charge on any atom is 0.252 e. The van der Waals surface area contributed by atoms with Crippen LogP contribution in [0.5, 0.6) is 0 Å². The van der Waals surface area contributed by atoms with Gasteiger partial charge in [-0.1, -0.05) is 0 Å². The zero-order valence-corrected chi connectivity index (χ0v) is 19.1. The number of likely N-dealkylation sites (tertiary alicyclic amines) is 1. The normalized spacial score (nSPS) is 16.6. The van der Waals surface area contributed by atoms with Crippen molar-refractivity contribution in [3.8, 4) is 0 Å². The minimum absolute atomic E-state index is 0. The Bertz CT molecular complexity index is 588. The summed E-state index contributed by atoms with van der Waals surface area (Å²) in [5, 5.41) is 6.21. The van der Waals surface area contributed by atoms with E-state index in [1.807, 2.05) is 0 Å². The number of nitrogens with zero attached hydrogens (tertiary/aromatic N) is 3. The first-order valence-electron chi connectivity index (χ1n) is 9.52. The third kappa shape index (κ3) is 8.70. The Labute approximate surface area is 184 Å². The first kappa shape index (κ1) is 24.6. The van der Waals surface area contributed by atoms with Crippen molar-refractivity contribution in [1.29, 1.82) is 0 Å². The van der Waals surface area contributed by atoms with Gasteiger partial charge in [0.2, 0.25) is 0 Å². The molecule has 0 saturated carbocycles. The average Bonchev–Trinajstić information content (AvgIpc) is 3.17. The molecule has 1 aromatic heterocycles. The molecule has 2 rings (SSSR count). The van der Waals surface area contributed by atoms with E-state index in [0.29, 0.717) is 37.8 Å². The van der Waals surface area contributed by atoms with Gasteiger partial charge >= 0.3 is 0 Å². The third-order valence-electron chi connectivity index (χ3n) is 4.29. The molecule has 2 heterocycles. The molecular weight excluding hydrogens is 473 g/mol. The molecule has 0 bridgehead atoms. The van der Waals surface area contributed by atoms with Gasteiger partial charge < -0.3 is 25.0 Å². The smallest absolute Gasteiger partial charge is 0.252 e. The van der Waals surface area contributed by atoms with Crippen LogP contribution >= 0.6 is 24.0 Å². The molecule has 1 aromatic rings. The van der Waals surface area contributed by atoms with Crippen LogP contribution in [0.2, 0.25) is 0 Å². The highest BCUT2D eigenvalue weighted by molar-refractivity contribution is 14.0. The molecule has 1 unspecified atom stereocenters. The van der Waals surface area contributed by atoms with Crippen LogP contribution in [0.15, 0.2) is 29.5 Å². The van der Waals surface area contributed by atoms with Crippen LogP contribution in [0.4, 0.5) is 0 Å². The molecule has 1 fully saturated rings. The number of methoxy groups -OCH3 is 1. The summed E-state index contributed by atoms with van der Waals surface area (Å²) >= 11 is 0. The lowest BCUT2D eigenvalue weighted by Gasteiger charge is -2.21. The average molecular weight is 505 g/mol. The number of aromatic nitrogens is 1. The Morgan fingerprint density at radius 1 is 1.39 bits per heavy atom. The number of guanidine groups is 1. The summed E-state index contributed by atoms with van der Waals surface area (Å²) < 4.78 is 10.6. The molecule has 158 valence electrons. The first-order valence-corrected chi connectivity index (χ1v) is 9.52. The van der Waals surface area contributed by atoms with Crippen LogP contribution in [0, 0.1) is 5.92 Å². The highest BCUT2D eigenvalue weighted by Gasteiger charge is 2.24. The van der Waals surface area contributed by atoms with E-state index in [4.69, 9.17) is 9.47 Å². The van der Waals surface area contributed by atoms with Crippen LogP contribution in [0.3, 0.4) is 0 Å². The Balaban J connectivity index is 0.00000392. The van der Waals surface area contributed by atoms with Crippen molar-refractivity contribution in [1.82, 2.24) is 20.5 Å². The van der Waals surface area contributed by atoms with E-state index >= 15 is 0 Å². The van der Waals surface area contributed by atoms with Crippen molar-refractivity contribution in [2.75, 3.05) is 59.7 Å². The van der Waals surface area contributed by atoms with Crippen molar-refractivity contribution < 1.29 is 14.3 Å². The fourth-order valence-electron chi connectivity index (χ4n) is 2.91. The lowest BCUT2D eigenvalue weighted by molar-refractivity contribution is 0.0536. The molecule has 1 amide bonds. The summed E-state index contributed by atoms with van der Waals surface area (Å²) in [5.41, 5.74) is 0.559. The Morgan fingerprint density at radius 2 is 2.25 bits per heavy atom. The van der Waals surface area contributed by atoms with Crippen LogP contribution in [-0.2, 0) is 9.47 Å². The monoisotopic (exact) mass is 505 g/mol. The van der Waals surface area contributed by atoms with Crippen molar-refractivity contribution in [2.24, 2.45) is 10.9 Å². The van der Waals surface area contributed by atoms with E-state index in [1.54, 1.807) is 31.6 Å². The largest absolute Gasteiger partial charge is 0.382 e. The summed E-state index contributed by atoms with van der Waals surface area (Å²) in [4.78, 5) is 22.9. The van der Waals surface area contributed by atoms with Gasteiger partial charge in [-0.3, -0.25) is 14.8 Å². The van der Waals surface area contributed by atoms with E-state index in [-0.39, 0.29) is 29.9 Å². The Kier molecular flexibility index (Phi) is 12.8. The zero-order valence-electron chi connectivity index (χ0n) is 16.7. The Morgan fingerprint density at radius 3 is 2.96 bits per heavy atom. The number of nitrogens with one attached hydrogen (secondary N) is 2. The quantitative estimate of drug-likeness (QED) is 0.216. The molecule has 1 saturated heterocycles. The third-order valence-corrected chi connectivity index (χ3v) is 4.29. The predicted molar refractivity (Wildman–Crippen MR) is 120 cm³/mol. The maximum atomic E-state index is 12.0. The number of rotatable bonds is 10. The predicted octanol–water partition coefficient (Wildman–Crippen LogP) is 1.38. The molecule has 28 heavy (non-hydrogen) atoms. The lowest BCUT2D eigenvalue weighted by atomic mass is 10.1. The van der Waals surface area contributed by atoms with E-state index in [2.05, 4.69) is 32.4 Å². The van der Waals surface area contributed by atoms with Crippen molar-refractivity contribution in [3.63, 3.8) is 0 Å². The second-order valence-corrected chi connectivity index (χ2v) is 6.40. The molecule has 0 spiro atoms. The van der Waals surface area contributed by atoms with Gasteiger partial charge in [0.05, 0.1) is 31.9 Å². The fourth-order valence-corrected chi connectivity index (χ4v) is 2.91. The van der Waals surface area contributed by atoms with Crippen molar-refractivity contribution in [2.45, 2.75) is 13.3 Å². The maximum absolute atomic E-state index is 12.0. The van der Waals surface area contributed by atoms with Gasteiger partial charge in [0, 0.05) is 51.6 Å².